The van der Waals surface area contributed by atoms with E-state index in [9.17, 15) is 14.7 Å². The molecule has 1 aliphatic rings. The Labute approximate surface area is 156 Å². The first-order chi connectivity index (χ1) is 12.3. The van der Waals surface area contributed by atoms with Crippen molar-refractivity contribution in [1.82, 2.24) is 9.80 Å². The van der Waals surface area contributed by atoms with E-state index >= 15 is 0 Å². The third-order valence-corrected chi connectivity index (χ3v) is 5.13. The zero-order valence-electron chi connectivity index (χ0n) is 16.5. The molecule has 0 saturated carbocycles. The molecule has 5 heteroatoms. The highest BCUT2D eigenvalue weighted by atomic mass is 16.3. The Balaban J connectivity index is 2.46. The number of rotatable bonds is 8. The van der Waals surface area contributed by atoms with E-state index in [1.54, 1.807) is 18.7 Å². The van der Waals surface area contributed by atoms with Gasteiger partial charge in [0.2, 0.25) is 0 Å². The molecule has 1 amide bonds. The maximum absolute atomic E-state index is 12.8. The fourth-order valence-corrected chi connectivity index (χ4v) is 3.45. The quantitative estimate of drug-likeness (QED) is 0.775. The lowest BCUT2D eigenvalue weighted by Gasteiger charge is -2.30. The standard InChI is InChI=1S/C21H30N2O3/c1-6-22(7-2)12-13-23-18(16-11-9-8-10-15(16)5)17(19(24)14(3)4)20(25)21(23)26/h8-11,14,18,25H,6-7,12-13H2,1-5H3. The van der Waals surface area contributed by atoms with Crippen LogP contribution in [0.2, 0.25) is 0 Å². The number of nitrogens with zero attached hydrogens (tertiary/aromatic N) is 2. The first-order valence-electron chi connectivity index (χ1n) is 9.39. The van der Waals surface area contributed by atoms with Crippen LogP contribution in [-0.2, 0) is 9.59 Å². The second-order valence-electron chi connectivity index (χ2n) is 7.07. The minimum absolute atomic E-state index is 0.172. The molecule has 0 bridgehead atoms. The molecule has 26 heavy (non-hydrogen) atoms. The van der Waals surface area contributed by atoms with E-state index in [-0.39, 0.29) is 17.3 Å². The predicted molar refractivity (Wildman–Crippen MR) is 103 cm³/mol. The molecule has 0 aliphatic carbocycles. The van der Waals surface area contributed by atoms with Gasteiger partial charge in [-0.25, -0.2) is 0 Å². The van der Waals surface area contributed by atoms with Crippen molar-refractivity contribution >= 4 is 11.7 Å². The summed E-state index contributed by atoms with van der Waals surface area (Å²) in [5.41, 5.74) is 2.13. The number of aliphatic hydroxyl groups excluding tert-OH is 1. The molecule has 0 spiro atoms. The van der Waals surface area contributed by atoms with Crippen LogP contribution in [0.1, 0.15) is 44.9 Å². The third kappa shape index (κ3) is 3.83. The molecule has 1 atom stereocenters. The van der Waals surface area contributed by atoms with Crippen molar-refractivity contribution in [3.63, 3.8) is 0 Å². The van der Waals surface area contributed by atoms with E-state index in [4.69, 9.17) is 0 Å². The SMILES string of the molecule is CCN(CC)CCN1C(=O)C(O)=C(C(=O)C(C)C)C1c1ccccc1C. The van der Waals surface area contributed by atoms with E-state index in [2.05, 4.69) is 18.7 Å². The van der Waals surface area contributed by atoms with Gasteiger partial charge < -0.3 is 14.9 Å². The molecule has 1 aliphatic heterocycles. The van der Waals surface area contributed by atoms with Crippen LogP contribution >= 0.6 is 0 Å². The number of ketones is 1. The second-order valence-corrected chi connectivity index (χ2v) is 7.07. The smallest absolute Gasteiger partial charge is 0.290 e. The zero-order chi connectivity index (χ0) is 19.4. The van der Waals surface area contributed by atoms with Gasteiger partial charge in [0.15, 0.2) is 11.5 Å². The van der Waals surface area contributed by atoms with Crippen LogP contribution in [0.5, 0.6) is 0 Å². The largest absolute Gasteiger partial charge is 0.503 e. The van der Waals surface area contributed by atoms with Crippen LogP contribution in [0.4, 0.5) is 0 Å². The number of hydrogen-bond donors (Lipinski definition) is 1. The molecular weight excluding hydrogens is 328 g/mol. The molecular formula is C21H30N2O3. The molecule has 1 N–H and O–H groups in total. The Hall–Kier alpha value is -2.14. The van der Waals surface area contributed by atoms with Crippen LogP contribution in [-0.4, -0.2) is 52.8 Å². The Bertz CT molecular complexity index is 705. The Kier molecular flexibility index (Phi) is 6.59. The molecule has 142 valence electrons. The first-order valence-corrected chi connectivity index (χ1v) is 9.39. The summed E-state index contributed by atoms with van der Waals surface area (Å²) in [5, 5.41) is 10.5. The van der Waals surface area contributed by atoms with E-state index in [0.29, 0.717) is 13.1 Å². The average Bonchev–Trinajstić information content (AvgIpc) is 2.87. The van der Waals surface area contributed by atoms with Crippen molar-refractivity contribution < 1.29 is 14.7 Å². The van der Waals surface area contributed by atoms with E-state index in [1.165, 1.54) is 0 Å². The fourth-order valence-electron chi connectivity index (χ4n) is 3.45. The zero-order valence-corrected chi connectivity index (χ0v) is 16.5. The highest BCUT2D eigenvalue weighted by molar-refractivity contribution is 6.09. The van der Waals surface area contributed by atoms with Crippen molar-refractivity contribution in [2.24, 2.45) is 5.92 Å². The van der Waals surface area contributed by atoms with Gasteiger partial charge in [0, 0.05) is 19.0 Å². The number of benzene rings is 1. The Morgan fingerprint density at radius 3 is 2.38 bits per heavy atom. The normalized spacial score (nSPS) is 17.7. The van der Waals surface area contributed by atoms with Crippen LogP contribution in [0.15, 0.2) is 35.6 Å². The minimum atomic E-state index is -0.519. The number of aliphatic hydroxyl groups is 1. The molecule has 1 aromatic rings. The molecule has 0 aromatic heterocycles. The highest BCUT2D eigenvalue weighted by Gasteiger charge is 2.44. The lowest BCUT2D eigenvalue weighted by molar-refractivity contribution is -0.129. The van der Waals surface area contributed by atoms with Crippen molar-refractivity contribution in [2.75, 3.05) is 26.2 Å². The topological polar surface area (TPSA) is 60.9 Å². The summed E-state index contributed by atoms with van der Waals surface area (Å²) in [6.45, 7) is 12.7. The monoisotopic (exact) mass is 358 g/mol. The summed E-state index contributed by atoms with van der Waals surface area (Å²) in [4.78, 5) is 29.4. The number of likely N-dealkylation sites (N-methyl/N-ethyl adjacent to an activating group) is 1. The Morgan fingerprint density at radius 2 is 1.85 bits per heavy atom. The number of carbonyl (C=O) groups excluding carboxylic acids is 2. The molecule has 0 fully saturated rings. The number of hydrogen-bond acceptors (Lipinski definition) is 4. The minimum Gasteiger partial charge on any atom is -0.503 e. The van der Waals surface area contributed by atoms with Crippen molar-refractivity contribution in [3.05, 3.63) is 46.7 Å². The molecule has 1 unspecified atom stereocenters. The number of carbonyl (C=O) groups is 2. The summed E-state index contributed by atoms with van der Waals surface area (Å²) < 4.78 is 0. The molecule has 5 nitrogen and oxygen atoms in total. The van der Waals surface area contributed by atoms with Gasteiger partial charge in [-0.2, -0.15) is 0 Å². The van der Waals surface area contributed by atoms with Gasteiger partial charge in [-0.1, -0.05) is 52.0 Å². The summed E-state index contributed by atoms with van der Waals surface area (Å²) in [5.74, 6) is -1.30. The molecule has 2 rings (SSSR count). The maximum Gasteiger partial charge on any atom is 0.290 e. The van der Waals surface area contributed by atoms with Gasteiger partial charge in [-0.15, -0.1) is 0 Å². The van der Waals surface area contributed by atoms with Gasteiger partial charge in [0.05, 0.1) is 11.6 Å². The van der Waals surface area contributed by atoms with Gasteiger partial charge in [-0.3, -0.25) is 9.59 Å². The van der Waals surface area contributed by atoms with Crippen LogP contribution < -0.4 is 0 Å². The summed E-state index contributed by atoms with van der Waals surface area (Å²) in [6.07, 6.45) is 0. The number of aryl methyl sites for hydroxylation is 1. The highest BCUT2D eigenvalue weighted by Crippen LogP contribution is 2.39. The van der Waals surface area contributed by atoms with Gasteiger partial charge >= 0.3 is 0 Å². The lowest BCUT2D eigenvalue weighted by atomic mass is 9.89. The van der Waals surface area contributed by atoms with Crippen LogP contribution in [0.25, 0.3) is 0 Å². The Morgan fingerprint density at radius 1 is 1.23 bits per heavy atom. The summed E-state index contributed by atoms with van der Waals surface area (Å²) >= 11 is 0. The van der Waals surface area contributed by atoms with Crippen molar-refractivity contribution in [1.29, 1.82) is 0 Å². The van der Waals surface area contributed by atoms with E-state index < -0.39 is 17.7 Å². The molecule has 1 heterocycles. The fraction of sp³-hybridized carbons (Fsp3) is 0.524. The second kappa shape index (κ2) is 8.49. The van der Waals surface area contributed by atoms with Crippen molar-refractivity contribution in [3.8, 4) is 0 Å². The van der Waals surface area contributed by atoms with Gasteiger partial charge in [0.25, 0.3) is 5.91 Å². The van der Waals surface area contributed by atoms with Crippen LogP contribution in [0.3, 0.4) is 0 Å². The number of Topliss-reactive ketones (excluding diaryl/α,β-unsaturated/α-hetero) is 1. The maximum atomic E-state index is 12.8. The van der Waals surface area contributed by atoms with E-state index in [1.807, 2.05) is 31.2 Å². The van der Waals surface area contributed by atoms with Gasteiger partial charge in [0.1, 0.15) is 0 Å². The summed E-state index contributed by atoms with van der Waals surface area (Å²) in [7, 11) is 0. The average molecular weight is 358 g/mol. The molecule has 0 radical (unpaired) electrons. The lowest BCUT2D eigenvalue weighted by Crippen LogP contribution is -2.39. The van der Waals surface area contributed by atoms with Crippen LogP contribution in [0, 0.1) is 12.8 Å². The predicted octanol–water partition coefficient (Wildman–Crippen LogP) is 3.26. The molecule has 0 saturated heterocycles. The third-order valence-electron chi connectivity index (χ3n) is 5.13. The van der Waals surface area contributed by atoms with Crippen molar-refractivity contribution in [2.45, 2.75) is 40.7 Å². The first kappa shape index (κ1) is 20.2. The van der Waals surface area contributed by atoms with E-state index in [0.717, 1.165) is 24.2 Å². The van der Waals surface area contributed by atoms with Gasteiger partial charge in [-0.05, 0) is 31.1 Å². The molecule has 1 aromatic carbocycles. The number of amides is 1. The summed E-state index contributed by atoms with van der Waals surface area (Å²) in [6, 6.07) is 7.22.